The highest BCUT2D eigenvalue weighted by molar-refractivity contribution is 5.87. The van der Waals surface area contributed by atoms with Crippen LogP contribution in [0.2, 0.25) is 0 Å². The predicted molar refractivity (Wildman–Crippen MR) is 92.6 cm³/mol. The molecule has 0 bridgehead atoms. The summed E-state index contributed by atoms with van der Waals surface area (Å²) < 4.78 is 52.4. The number of amides is 1. The monoisotopic (exact) mass is 389 g/mol. The number of benzene rings is 1. The summed E-state index contributed by atoms with van der Waals surface area (Å²) in [5, 5.41) is 1.89. The fourth-order valence-electron chi connectivity index (χ4n) is 2.31. The van der Waals surface area contributed by atoms with E-state index in [1.165, 1.54) is 33.3 Å². The zero-order valence-electron chi connectivity index (χ0n) is 15.5. The highest BCUT2D eigenvalue weighted by Gasteiger charge is 2.39. The van der Waals surface area contributed by atoms with E-state index >= 15 is 0 Å². The number of esters is 1. The SMILES string of the molecule is CCOC(=O)C=Cc1cc(OC)c(C[C@@H](C)NC(=O)C(F)(F)F)cc1OC. The Morgan fingerprint density at radius 3 is 2.33 bits per heavy atom. The molecule has 1 aromatic carbocycles. The number of ether oxygens (including phenoxy) is 3. The van der Waals surface area contributed by atoms with Gasteiger partial charge in [0.15, 0.2) is 0 Å². The summed E-state index contributed by atoms with van der Waals surface area (Å²) in [5.74, 6) is -1.76. The van der Waals surface area contributed by atoms with E-state index in [1.807, 2.05) is 5.32 Å². The molecule has 0 saturated heterocycles. The Morgan fingerprint density at radius 1 is 1.19 bits per heavy atom. The molecule has 1 N–H and O–H groups in total. The van der Waals surface area contributed by atoms with Crippen LogP contribution in [0.1, 0.15) is 25.0 Å². The predicted octanol–water partition coefficient (Wildman–Crippen LogP) is 2.89. The van der Waals surface area contributed by atoms with Crippen molar-refractivity contribution in [3.05, 3.63) is 29.3 Å². The minimum absolute atomic E-state index is 0.0865. The van der Waals surface area contributed by atoms with Crippen molar-refractivity contribution in [2.45, 2.75) is 32.5 Å². The number of nitrogens with one attached hydrogen (secondary N) is 1. The Balaban J connectivity index is 3.05. The zero-order valence-corrected chi connectivity index (χ0v) is 15.5. The molecule has 0 aliphatic carbocycles. The molecule has 0 radical (unpaired) electrons. The first kappa shape index (κ1) is 22.3. The van der Waals surface area contributed by atoms with Crippen LogP contribution in [-0.2, 0) is 20.7 Å². The molecular formula is C18H22F3NO5. The van der Waals surface area contributed by atoms with Crippen molar-refractivity contribution in [3.8, 4) is 11.5 Å². The fraction of sp³-hybridized carbons (Fsp3) is 0.444. The van der Waals surface area contributed by atoms with E-state index in [0.29, 0.717) is 22.6 Å². The second-order valence-corrected chi connectivity index (χ2v) is 5.57. The third kappa shape index (κ3) is 6.84. The van der Waals surface area contributed by atoms with Gasteiger partial charge in [-0.2, -0.15) is 13.2 Å². The first-order chi connectivity index (χ1) is 12.6. The van der Waals surface area contributed by atoms with Crippen molar-refractivity contribution in [2.24, 2.45) is 0 Å². The van der Waals surface area contributed by atoms with E-state index in [1.54, 1.807) is 19.1 Å². The summed E-state index contributed by atoms with van der Waals surface area (Å²) in [4.78, 5) is 22.5. The Bertz CT molecular complexity index is 701. The summed E-state index contributed by atoms with van der Waals surface area (Å²) in [6.07, 6.45) is -2.15. The topological polar surface area (TPSA) is 73.9 Å². The molecular weight excluding hydrogens is 367 g/mol. The maximum Gasteiger partial charge on any atom is 0.471 e. The van der Waals surface area contributed by atoms with Gasteiger partial charge in [0.05, 0.1) is 20.8 Å². The van der Waals surface area contributed by atoms with Crippen molar-refractivity contribution in [1.82, 2.24) is 5.32 Å². The molecule has 27 heavy (non-hydrogen) atoms. The number of methoxy groups -OCH3 is 2. The third-order valence-electron chi connectivity index (χ3n) is 3.48. The van der Waals surface area contributed by atoms with E-state index < -0.39 is 24.1 Å². The van der Waals surface area contributed by atoms with E-state index in [9.17, 15) is 22.8 Å². The minimum Gasteiger partial charge on any atom is -0.496 e. The third-order valence-corrected chi connectivity index (χ3v) is 3.48. The Morgan fingerprint density at radius 2 is 1.81 bits per heavy atom. The summed E-state index contributed by atoms with van der Waals surface area (Å²) in [6.45, 7) is 3.37. The lowest BCUT2D eigenvalue weighted by molar-refractivity contribution is -0.174. The van der Waals surface area contributed by atoms with Crippen molar-refractivity contribution in [2.75, 3.05) is 20.8 Å². The normalized spacial score (nSPS) is 12.6. The number of rotatable bonds is 8. The van der Waals surface area contributed by atoms with E-state index in [4.69, 9.17) is 14.2 Å². The van der Waals surface area contributed by atoms with Crippen LogP contribution in [0.3, 0.4) is 0 Å². The highest BCUT2D eigenvalue weighted by atomic mass is 19.4. The van der Waals surface area contributed by atoms with Gasteiger partial charge in [-0.15, -0.1) is 0 Å². The molecule has 0 saturated carbocycles. The molecule has 0 aliphatic rings. The van der Waals surface area contributed by atoms with Crippen LogP contribution >= 0.6 is 0 Å². The lowest BCUT2D eigenvalue weighted by Gasteiger charge is -2.18. The van der Waals surface area contributed by atoms with Gasteiger partial charge in [0.25, 0.3) is 0 Å². The van der Waals surface area contributed by atoms with Gasteiger partial charge in [-0.25, -0.2) is 4.79 Å². The minimum atomic E-state index is -4.95. The molecule has 1 atom stereocenters. The van der Waals surface area contributed by atoms with Gasteiger partial charge in [-0.1, -0.05) is 0 Å². The highest BCUT2D eigenvalue weighted by Crippen LogP contribution is 2.31. The van der Waals surface area contributed by atoms with Gasteiger partial charge in [-0.3, -0.25) is 4.79 Å². The molecule has 0 heterocycles. The Labute approximate surface area is 155 Å². The largest absolute Gasteiger partial charge is 0.496 e. The van der Waals surface area contributed by atoms with Crippen LogP contribution in [0.5, 0.6) is 11.5 Å². The van der Waals surface area contributed by atoms with Crippen molar-refractivity contribution >= 4 is 18.0 Å². The molecule has 1 aromatic rings. The lowest BCUT2D eigenvalue weighted by atomic mass is 10.0. The van der Waals surface area contributed by atoms with Crippen molar-refractivity contribution in [1.29, 1.82) is 0 Å². The second kappa shape index (κ2) is 9.84. The molecule has 0 aliphatic heterocycles. The lowest BCUT2D eigenvalue weighted by Crippen LogP contribution is -2.42. The van der Waals surface area contributed by atoms with Crippen molar-refractivity contribution < 1.29 is 37.0 Å². The molecule has 0 fully saturated rings. The zero-order chi connectivity index (χ0) is 20.6. The summed E-state index contributed by atoms with van der Waals surface area (Å²) in [5.41, 5.74) is 1.07. The van der Waals surface area contributed by atoms with Gasteiger partial charge in [-0.05, 0) is 44.0 Å². The van der Waals surface area contributed by atoms with Crippen LogP contribution in [0, 0.1) is 0 Å². The molecule has 6 nitrogen and oxygen atoms in total. The number of carbonyl (C=O) groups excluding carboxylic acids is 2. The van der Waals surface area contributed by atoms with Gasteiger partial charge in [0, 0.05) is 17.7 Å². The number of carbonyl (C=O) groups is 2. The average Bonchev–Trinajstić information content (AvgIpc) is 2.59. The number of hydrogen-bond donors (Lipinski definition) is 1. The van der Waals surface area contributed by atoms with Gasteiger partial charge in [0.1, 0.15) is 11.5 Å². The molecule has 1 amide bonds. The van der Waals surface area contributed by atoms with Gasteiger partial charge >= 0.3 is 18.1 Å². The van der Waals surface area contributed by atoms with E-state index in [2.05, 4.69) is 0 Å². The quantitative estimate of drug-likeness (QED) is 0.547. The smallest absolute Gasteiger partial charge is 0.471 e. The first-order valence-electron chi connectivity index (χ1n) is 8.09. The summed E-state index contributed by atoms with van der Waals surface area (Å²) >= 11 is 0. The average molecular weight is 389 g/mol. The van der Waals surface area contributed by atoms with E-state index in [-0.39, 0.29) is 13.0 Å². The standard InChI is InChI=1S/C18H22F3NO5/c1-5-27-16(23)7-6-12-9-15(26-4)13(10-14(12)25-3)8-11(2)22-17(24)18(19,20)21/h6-7,9-11H,5,8H2,1-4H3,(H,22,24)/t11-/m1/s1. The van der Waals surface area contributed by atoms with E-state index in [0.717, 1.165) is 0 Å². The molecule has 0 aromatic heterocycles. The fourth-order valence-corrected chi connectivity index (χ4v) is 2.31. The molecule has 0 spiro atoms. The maximum atomic E-state index is 12.4. The Kier molecular flexibility index (Phi) is 8.14. The molecule has 9 heteroatoms. The van der Waals surface area contributed by atoms with Crippen LogP contribution < -0.4 is 14.8 Å². The van der Waals surface area contributed by atoms with Gasteiger partial charge in [0.2, 0.25) is 0 Å². The summed E-state index contributed by atoms with van der Waals surface area (Å²) in [6, 6.07) is 2.38. The second-order valence-electron chi connectivity index (χ2n) is 5.57. The molecule has 150 valence electrons. The number of alkyl halides is 3. The van der Waals surface area contributed by atoms with Crippen LogP contribution in [0.4, 0.5) is 13.2 Å². The number of halogens is 3. The van der Waals surface area contributed by atoms with Crippen LogP contribution in [-0.4, -0.2) is 44.9 Å². The Hall–Kier alpha value is -2.71. The summed E-state index contributed by atoms with van der Waals surface area (Å²) in [7, 11) is 2.82. The molecule has 0 unspecified atom stereocenters. The molecule has 1 rings (SSSR count). The number of hydrogen-bond acceptors (Lipinski definition) is 5. The van der Waals surface area contributed by atoms with Gasteiger partial charge < -0.3 is 19.5 Å². The maximum absolute atomic E-state index is 12.4. The van der Waals surface area contributed by atoms with Crippen LogP contribution in [0.25, 0.3) is 6.08 Å². The van der Waals surface area contributed by atoms with Crippen LogP contribution in [0.15, 0.2) is 18.2 Å². The first-order valence-corrected chi connectivity index (χ1v) is 8.09. The van der Waals surface area contributed by atoms with Crippen molar-refractivity contribution in [3.63, 3.8) is 0 Å².